The molecule has 0 spiro atoms. The van der Waals surface area contributed by atoms with Crippen LogP contribution in [0.4, 0.5) is 13.2 Å². The summed E-state index contributed by atoms with van der Waals surface area (Å²) in [6, 6.07) is 3.26. The first-order valence-corrected chi connectivity index (χ1v) is 5.73. The molecule has 0 saturated carbocycles. The minimum absolute atomic E-state index is 0.0630. The molecule has 1 heterocycles. The molecule has 0 radical (unpaired) electrons. The number of hydrogen-bond donors (Lipinski definition) is 1. The second-order valence-corrected chi connectivity index (χ2v) is 3.94. The largest absolute Gasteiger partial charge is 0.389 e. The fourth-order valence-corrected chi connectivity index (χ4v) is 1.61. The summed E-state index contributed by atoms with van der Waals surface area (Å²) in [5.41, 5.74) is 0.859. The van der Waals surface area contributed by atoms with Gasteiger partial charge in [0.1, 0.15) is 0 Å². The number of hydrogen-bond acceptors (Lipinski definition) is 2. The molecule has 5 heteroatoms. The molecule has 0 aliphatic carbocycles. The van der Waals surface area contributed by atoms with E-state index in [-0.39, 0.29) is 12.5 Å². The van der Waals surface area contributed by atoms with E-state index in [1.54, 1.807) is 24.5 Å². The van der Waals surface area contributed by atoms with Crippen molar-refractivity contribution in [2.45, 2.75) is 38.4 Å². The number of alkyl halides is 3. The molecular formula is C12H17F3N2. The summed E-state index contributed by atoms with van der Waals surface area (Å²) in [7, 11) is 0. The lowest BCUT2D eigenvalue weighted by molar-refractivity contribution is -0.136. The number of nitrogens with zero attached hydrogens (tertiary/aromatic N) is 1. The van der Waals surface area contributed by atoms with Crippen molar-refractivity contribution in [1.82, 2.24) is 10.3 Å². The maximum atomic E-state index is 12.2. The molecule has 0 saturated heterocycles. The predicted molar refractivity (Wildman–Crippen MR) is 60.6 cm³/mol. The van der Waals surface area contributed by atoms with Crippen LogP contribution in [0.2, 0.25) is 0 Å². The molecule has 0 amide bonds. The van der Waals surface area contributed by atoms with Gasteiger partial charge in [0.15, 0.2) is 0 Å². The third kappa shape index (κ3) is 5.68. The van der Waals surface area contributed by atoms with Crippen LogP contribution in [-0.4, -0.2) is 17.7 Å². The van der Waals surface area contributed by atoms with Crippen molar-refractivity contribution in [2.75, 3.05) is 6.54 Å². The topological polar surface area (TPSA) is 24.9 Å². The average molecular weight is 246 g/mol. The Balaban J connectivity index is 2.61. The fraction of sp³-hybridized carbons (Fsp3) is 0.583. The van der Waals surface area contributed by atoms with Crippen LogP contribution in [0.15, 0.2) is 24.5 Å². The van der Waals surface area contributed by atoms with Gasteiger partial charge in [-0.25, -0.2) is 0 Å². The summed E-state index contributed by atoms with van der Waals surface area (Å²) in [6.45, 7) is 2.70. The first-order valence-electron chi connectivity index (χ1n) is 5.73. The zero-order valence-corrected chi connectivity index (χ0v) is 9.80. The molecule has 1 N–H and O–H groups in total. The molecule has 96 valence electrons. The number of aromatic nitrogens is 1. The van der Waals surface area contributed by atoms with Gasteiger partial charge in [0, 0.05) is 24.9 Å². The first kappa shape index (κ1) is 14.0. The highest BCUT2D eigenvalue weighted by Crippen LogP contribution is 2.27. The molecule has 1 aromatic rings. The van der Waals surface area contributed by atoms with E-state index in [0.717, 1.165) is 12.0 Å². The monoisotopic (exact) mass is 246 g/mol. The molecule has 1 aromatic heterocycles. The highest BCUT2D eigenvalue weighted by molar-refractivity contribution is 5.14. The van der Waals surface area contributed by atoms with E-state index >= 15 is 0 Å². The average Bonchev–Trinajstić information content (AvgIpc) is 2.29. The van der Waals surface area contributed by atoms with E-state index in [2.05, 4.69) is 10.3 Å². The zero-order valence-electron chi connectivity index (χ0n) is 9.80. The molecule has 17 heavy (non-hydrogen) atoms. The molecule has 0 fully saturated rings. The van der Waals surface area contributed by atoms with Gasteiger partial charge in [-0.2, -0.15) is 13.2 Å². The van der Waals surface area contributed by atoms with Gasteiger partial charge >= 0.3 is 6.18 Å². The summed E-state index contributed by atoms with van der Waals surface area (Å²) in [5.74, 6) is 0. The molecule has 0 aromatic carbocycles. The summed E-state index contributed by atoms with van der Waals surface area (Å²) in [5, 5.41) is 3.13. The van der Waals surface area contributed by atoms with Crippen LogP contribution in [-0.2, 0) is 0 Å². The lowest BCUT2D eigenvalue weighted by Gasteiger charge is -2.19. The normalized spacial score (nSPS) is 13.6. The van der Waals surface area contributed by atoms with E-state index in [9.17, 15) is 13.2 Å². The van der Waals surface area contributed by atoms with Crippen LogP contribution in [0.1, 0.15) is 37.8 Å². The molecule has 0 bridgehead atoms. The summed E-state index contributed by atoms with van der Waals surface area (Å²) >= 11 is 0. The second kappa shape index (κ2) is 6.59. The van der Waals surface area contributed by atoms with Crippen molar-refractivity contribution >= 4 is 0 Å². The third-order valence-electron chi connectivity index (χ3n) is 2.47. The first-order chi connectivity index (χ1) is 8.03. The molecule has 1 atom stereocenters. The summed E-state index contributed by atoms with van der Waals surface area (Å²) < 4.78 is 36.6. The third-order valence-corrected chi connectivity index (χ3v) is 2.47. The lowest BCUT2D eigenvalue weighted by Crippen LogP contribution is -2.24. The van der Waals surface area contributed by atoms with Crippen molar-refractivity contribution in [3.8, 4) is 0 Å². The molecule has 1 unspecified atom stereocenters. The van der Waals surface area contributed by atoms with Crippen LogP contribution in [0, 0.1) is 0 Å². The zero-order chi connectivity index (χ0) is 12.7. The molecule has 1 rings (SSSR count). The highest BCUT2D eigenvalue weighted by atomic mass is 19.4. The minimum atomic E-state index is -4.10. The van der Waals surface area contributed by atoms with E-state index in [1.165, 1.54) is 0 Å². The summed E-state index contributed by atoms with van der Waals surface area (Å²) in [6.07, 6.45) is -0.704. The van der Waals surface area contributed by atoms with E-state index in [0.29, 0.717) is 6.54 Å². The Bertz CT molecular complexity index is 311. The van der Waals surface area contributed by atoms with E-state index in [1.807, 2.05) is 6.92 Å². The van der Waals surface area contributed by atoms with Crippen molar-refractivity contribution in [3.63, 3.8) is 0 Å². The highest BCUT2D eigenvalue weighted by Gasteiger charge is 2.28. The van der Waals surface area contributed by atoms with Gasteiger partial charge in [-0.1, -0.05) is 6.92 Å². The van der Waals surface area contributed by atoms with Gasteiger partial charge in [0.05, 0.1) is 0 Å². The van der Waals surface area contributed by atoms with E-state index < -0.39 is 12.6 Å². The smallest absolute Gasteiger partial charge is 0.310 e. The van der Waals surface area contributed by atoms with Crippen molar-refractivity contribution in [2.24, 2.45) is 0 Å². The van der Waals surface area contributed by atoms with Gasteiger partial charge < -0.3 is 5.32 Å². The molecular weight excluding hydrogens is 229 g/mol. The molecule has 2 nitrogen and oxygen atoms in total. The maximum Gasteiger partial charge on any atom is 0.389 e. The Morgan fingerprint density at radius 1 is 1.29 bits per heavy atom. The molecule has 0 aliphatic rings. The van der Waals surface area contributed by atoms with Crippen LogP contribution in [0.5, 0.6) is 0 Å². The Hall–Kier alpha value is -1.10. The van der Waals surface area contributed by atoms with Crippen LogP contribution >= 0.6 is 0 Å². The van der Waals surface area contributed by atoms with Crippen LogP contribution in [0.3, 0.4) is 0 Å². The number of nitrogens with one attached hydrogen (secondary N) is 1. The standard InChI is InChI=1S/C12H17F3N2/c1-2-7-17-11(3-6-12(13,14)15)10-4-8-16-9-5-10/h4-5,8-9,11,17H,2-3,6-7H2,1H3. The Labute approximate surface area is 99.3 Å². The van der Waals surface area contributed by atoms with Gasteiger partial charge in [-0.3, -0.25) is 4.98 Å². The van der Waals surface area contributed by atoms with Gasteiger partial charge in [-0.05, 0) is 37.1 Å². The number of pyridine rings is 1. The lowest BCUT2D eigenvalue weighted by atomic mass is 10.0. The van der Waals surface area contributed by atoms with Crippen LogP contribution < -0.4 is 5.32 Å². The predicted octanol–water partition coefficient (Wildman–Crippen LogP) is 3.46. The fourth-order valence-electron chi connectivity index (χ4n) is 1.61. The van der Waals surface area contributed by atoms with Crippen molar-refractivity contribution in [3.05, 3.63) is 30.1 Å². The Morgan fingerprint density at radius 3 is 2.47 bits per heavy atom. The maximum absolute atomic E-state index is 12.2. The SMILES string of the molecule is CCCNC(CCC(F)(F)F)c1ccncc1. The van der Waals surface area contributed by atoms with Crippen molar-refractivity contribution in [1.29, 1.82) is 0 Å². The van der Waals surface area contributed by atoms with Gasteiger partial charge in [-0.15, -0.1) is 0 Å². The Morgan fingerprint density at radius 2 is 1.94 bits per heavy atom. The quantitative estimate of drug-likeness (QED) is 0.831. The number of rotatable bonds is 6. The molecule has 0 aliphatic heterocycles. The van der Waals surface area contributed by atoms with Gasteiger partial charge in [0.25, 0.3) is 0 Å². The minimum Gasteiger partial charge on any atom is -0.310 e. The Kier molecular flexibility index (Phi) is 5.41. The second-order valence-electron chi connectivity index (χ2n) is 3.94. The van der Waals surface area contributed by atoms with Crippen LogP contribution in [0.25, 0.3) is 0 Å². The number of halogens is 3. The van der Waals surface area contributed by atoms with Crippen molar-refractivity contribution < 1.29 is 13.2 Å². The summed E-state index contributed by atoms with van der Waals surface area (Å²) in [4.78, 5) is 3.87. The van der Waals surface area contributed by atoms with Gasteiger partial charge in [0.2, 0.25) is 0 Å². The van der Waals surface area contributed by atoms with E-state index in [4.69, 9.17) is 0 Å².